The van der Waals surface area contributed by atoms with Gasteiger partial charge in [0, 0.05) is 0 Å². The monoisotopic (exact) mass is 285 g/mol. The predicted octanol–water partition coefficient (Wildman–Crippen LogP) is 3.43. The summed E-state index contributed by atoms with van der Waals surface area (Å²) in [4.78, 5) is 17.5. The fourth-order valence-electron chi connectivity index (χ4n) is 1.93. The number of hydroxylamine groups is 1. The minimum Gasteiger partial charge on any atom is -0.497 e. The van der Waals surface area contributed by atoms with E-state index in [4.69, 9.17) is 9.57 Å². The normalized spacial score (nSPS) is 10.5. The molecule has 1 amide bonds. The highest BCUT2D eigenvalue weighted by atomic mass is 16.7. The molecule has 0 radical (unpaired) electrons. The van der Waals surface area contributed by atoms with Crippen molar-refractivity contribution in [3.63, 3.8) is 0 Å². The zero-order chi connectivity index (χ0) is 15.2. The summed E-state index contributed by atoms with van der Waals surface area (Å²) in [7, 11) is 1.57. The van der Waals surface area contributed by atoms with E-state index in [-0.39, 0.29) is 12.0 Å². The Hall–Kier alpha value is -2.33. The van der Waals surface area contributed by atoms with Crippen LogP contribution in [0, 0.1) is 0 Å². The fourth-order valence-corrected chi connectivity index (χ4v) is 1.93. The van der Waals surface area contributed by atoms with Crippen molar-refractivity contribution in [1.29, 1.82) is 0 Å². The van der Waals surface area contributed by atoms with E-state index in [0.717, 1.165) is 11.1 Å². The predicted molar refractivity (Wildman–Crippen MR) is 82.1 cm³/mol. The minimum atomic E-state index is -0.290. The molecule has 0 bridgehead atoms. The Labute approximate surface area is 124 Å². The number of hydrogen-bond donors (Lipinski definition) is 1. The third-order valence-corrected chi connectivity index (χ3v) is 2.94. The van der Waals surface area contributed by atoms with Crippen LogP contribution in [0.2, 0.25) is 0 Å². The van der Waals surface area contributed by atoms with Crippen molar-refractivity contribution >= 4 is 5.91 Å². The summed E-state index contributed by atoms with van der Waals surface area (Å²) in [6.45, 7) is 3.70. The Morgan fingerprint density at radius 3 is 2.43 bits per heavy atom. The number of amides is 1. The summed E-state index contributed by atoms with van der Waals surface area (Å²) in [5.74, 6) is 0.339. The third-order valence-electron chi connectivity index (χ3n) is 2.94. The molecule has 0 fully saturated rings. The molecule has 0 aliphatic carbocycles. The standard InChI is InChI=1S/C17H19NO3/c1-12(2)21-18-17(19)16-11-14(20-3)9-10-15(16)13-7-5-4-6-8-13/h4-12H,1-3H3,(H,18,19). The van der Waals surface area contributed by atoms with Gasteiger partial charge in [-0.3, -0.25) is 9.63 Å². The highest BCUT2D eigenvalue weighted by Crippen LogP contribution is 2.27. The molecule has 2 aromatic rings. The molecule has 0 heterocycles. The fraction of sp³-hybridized carbons (Fsp3) is 0.235. The first kappa shape index (κ1) is 15.1. The molecule has 0 spiro atoms. The Bertz CT molecular complexity index is 609. The van der Waals surface area contributed by atoms with Gasteiger partial charge in [-0.1, -0.05) is 30.3 Å². The quantitative estimate of drug-likeness (QED) is 0.856. The molecule has 2 aromatic carbocycles. The van der Waals surface area contributed by atoms with Gasteiger partial charge >= 0.3 is 0 Å². The number of methoxy groups -OCH3 is 1. The van der Waals surface area contributed by atoms with Crippen molar-refractivity contribution in [3.05, 3.63) is 54.1 Å². The molecule has 1 N–H and O–H groups in total. The minimum absolute atomic E-state index is 0.0836. The summed E-state index contributed by atoms with van der Waals surface area (Å²) in [5.41, 5.74) is 4.78. The van der Waals surface area contributed by atoms with Gasteiger partial charge in [0.1, 0.15) is 5.75 Å². The van der Waals surface area contributed by atoms with E-state index >= 15 is 0 Å². The smallest absolute Gasteiger partial charge is 0.275 e. The van der Waals surface area contributed by atoms with Crippen LogP contribution < -0.4 is 10.2 Å². The molecule has 21 heavy (non-hydrogen) atoms. The van der Waals surface area contributed by atoms with Gasteiger partial charge in [-0.05, 0) is 43.2 Å². The second-order valence-electron chi connectivity index (χ2n) is 4.88. The first-order valence-electron chi connectivity index (χ1n) is 6.81. The number of carbonyl (C=O) groups excluding carboxylic acids is 1. The number of nitrogens with one attached hydrogen (secondary N) is 1. The van der Waals surface area contributed by atoms with E-state index in [0.29, 0.717) is 11.3 Å². The maximum Gasteiger partial charge on any atom is 0.275 e. The maximum atomic E-state index is 12.3. The van der Waals surface area contributed by atoms with Gasteiger partial charge in [0.2, 0.25) is 0 Å². The van der Waals surface area contributed by atoms with Crippen LogP contribution in [-0.2, 0) is 4.84 Å². The van der Waals surface area contributed by atoms with Gasteiger partial charge in [0.25, 0.3) is 5.91 Å². The molecule has 110 valence electrons. The van der Waals surface area contributed by atoms with E-state index < -0.39 is 0 Å². The lowest BCUT2D eigenvalue weighted by atomic mass is 9.99. The molecular weight excluding hydrogens is 266 g/mol. The second kappa shape index (κ2) is 6.90. The van der Waals surface area contributed by atoms with Crippen LogP contribution in [-0.4, -0.2) is 19.1 Å². The Morgan fingerprint density at radius 2 is 1.81 bits per heavy atom. The molecule has 0 aliphatic rings. The summed E-state index contributed by atoms with van der Waals surface area (Å²) < 4.78 is 5.20. The number of hydrogen-bond acceptors (Lipinski definition) is 3. The zero-order valence-electron chi connectivity index (χ0n) is 12.4. The summed E-state index contributed by atoms with van der Waals surface area (Å²) >= 11 is 0. The van der Waals surface area contributed by atoms with Gasteiger partial charge in [-0.15, -0.1) is 0 Å². The number of ether oxygens (including phenoxy) is 1. The molecule has 2 rings (SSSR count). The van der Waals surface area contributed by atoms with Crippen molar-refractivity contribution in [2.75, 3.05) is 7.11 Å². The van der Waals surface area contributed by atoms with Gasteiger partial charge in [-0.2, -0.15) is 0 Å². The lowest BCUT2D eigenvalue weighted by Crippen LogP contribution is -2.27. The Kier molecular flexibility index (Phi) is 4.95. The number of carbonyl (C=O) groups is 1. The average Bonchev–Trinajstić information content (AvgIpc) is 2.52. The van der Waals surface area contributed by atoms with Gasteiger partial charge < -0.3 is 4.74 Å². The molecule has 4 heteroatoms. The van der Waals surface area contributed by atoms with E-state index in [1.54, 1.807) is 13.2 Å². The van der Waals surface area contributed by atoms with Crippen LogP contribution in [0.5, 0.6) is 5.75 Å². The highest BCUT2D eigenvalue weighted by Gasteiger charge is 2.14. The first-order chi connectivity index (χ1) is 10.1. The van der Waals surface area contributed by atoms with Gasteiger partial charge in [0.05, 0.1) is 18.8 Å². The molecule has 0 atom stereocenters. The Morgan fingerprint density at radius 1 is 1.10 bits per heavy atom. The van der Waals surface area contributed by atoms with Gasteiger partial charge in [-0.25, -0.2) is 5.48 Å². The maximum absolute atomic E-state index is 12.3. The lowest BCUT2D eigenvalue weighted by molar-refractivity contribution is 0.000219. The average molecular weight is 285 g/mol. The van der Waals surface area contributed by atoms with Gasteiger partial charge in [0.15, 0.2) is 0 Å². The highest BCUT2D eigenvalue weighted by molar-refractivity contribution is 6.00. The topological polar surface area (TPSA) is 47.6 Å². The molecular formula is C17H19NO3. The molecule has 0 saturated heterocycles. The molecule has 0 aliphatic heterocycles. The summed E-state index contributed by atoms with van der Waals surface area (Å²) in [6.07, 6.45) is -0.0836. The molecule has 4 nitrogen and oxygen atoms in total. The molecule has 0 unspecified atom stereocenters. The Balaban J connectivity index is 2.39. The van der Waals surface area contributed by atoms with Crippen molar-refractivity contribution in [1.82, 2.24) is 5.48 Å². The van der Waals surface area contributed by atoms with Crippen LogP contribution in [0.3, 0.4) is 0 Å². The summed E-state index contributed by atoms with van der Waals surface area (Å²) in [5, 5.41) is 0. The van der Waals surface area contributed by atoms with Crippen molar-refractivity contribution in [2.24, 2.45) is 0 Å². The summed E-state index contributed by atoms with van der Waals surface area (Å²) in [6, 6.07) is 15.2. The zero-order valence-corrected chi connectivity index (χ0v) is 12.4. The van der Waals surface area contributed by atoms with Crippen LogP contribution >= 0.6 is 0 Å². The van der Waals surface area contributed by atoms with Crippen molar-refractivity contribution in [3.8, 4) is 16.9 Å². The number of rotatable bonds is 5. The van der Waals surface area contributed by atoms with Crippen LogP contribution in [0.4, 0.5) is 0 Å². The second-order valence-corrected chi connectivity index (χ2v) is 4.88. The SMILES string of the molecule is COc1ccc(-c2ccccc2)c(C(=O)NOC(C)C)c1. The van der Waals surface area contributed by atoms with E-state index in [1.807, 2.05) is 56.3 Å². The van der Waals surface area contributed by atoms with E-state index in [2.05, 4.69) is 5.48 Å². The molecule has 0 saturated carbocycles. The first-order valence-corrected chi connectivity index (χ1v) is 6.81. The molecule has 0 aromatic heterocycles. The largest absolute Gasteiger partial charge is 0.497 e. The van der Waals surface area contributed by atoms with Crippen LogP contribution in [0.25, 0.3) is 11.1 Å². The van der Waals surface area contributed by atoms with Crippen molar-refractivity contribution < 1.29 is 14.4 Å². The van der Waals surface area contributed by atoms with Crippen LogP contribution in [0.15, 0.2) is 48.5 Å². The number of benzene rings is 2. The van der Waals surface area contributed by atoms with E-state index in [9.17, 15) is 4.79 Å². The lowest BCUT2D eigenvalue weighted by Gasteiger charge is -2.13. The van der Waals surface area contributed by atoms with Crippen LogP contribution in [0.1, 0.15) is 24.2 Å². The van der Waals surface area contributed by atoms with E-state index in [1.165, 1.54) is 0 Å². The third kappa shape index (κ3) is 3.83. The van der Waals surface area contributed by atoms with Crippen molar-refractivity contribution in [2.45, 2.75) is 20.0 Å².